The predicted molar refractivity (Wildman–Crippen MR) is 99.5 cm³/mol. The van der Waals surface area contributed by atoms with Crippen LogP contribution in [0.25, 0.3) is 11.1 Å². The van der Waals surface area contributed by atoms with Gasteiger partial charge < -0.3 is 9.88 Å². The van der Waals surface area contributed by atoms with Gasteiger partial charge in [-0.2, -0.15) is 8.78 Å². The number of hydrogen-bond acceptors (Lipinski definition) is 3. The average Bonchev–Trinajstić information content (AvgIpc) is 3.11. The van der Waals surface area contributed by atoms with Crippen molar-refractivity contribution in [3.8, 4) is 11.1 Å². The molecule has 0 saturated heterocycles. The lowest BCUT2D eigenvalue weighted by Gasteiger charge is -2.23. The molecule has 0 aliphatic carbocycles. The maximum Gasteiger partial charge on any atom is 0.357 e. The van der Waals surface area contributed by atoms with Crippen LogP contribution < -0.4 is 16.1 Å². The van der Waals surface area contributed by atoms with Crippen molar-refractivity contribution in [2.24, 2.45) is 0 Å². The topological polar surface area (TPSA) is 86.0 Å². The Balaban J connectivity index is 1.74. The van der Waals surface area contributed by atoms with E-state index < -0.39 is 28.6 Å². The fourth-order valence-corrected chi connectivity index (χ4v) is 3.46. The molecule has 2 heterocycles. The molecule has 1 aromatic heterocycles. The van der Waals surface area contributed by atoms with Crippen LogP contribution in [0.2, 0.25) is 0 Å². The Labute approximate surface area is 157 Å². The van der Waals surface area contributed by atoms with E-state index in [-0.39, 0.29) is 6.54 Å². The molecule has 0 unspecified atom stereocenters. The van der Waals surface area contributed by atoms with Crippen LogP contribution in [0.15, 0.2) is 64.3 Å². The second-order valence-corrected chi connectivity index (χ2v) is 6.44. The van der Waals surface area contributed by atoms with E-state index in [2.05, 4.69) is 0 Å². The van der Waals surface area contributed by atoms with Gasteiger partial charge in [-0.1, -0.05) is 42.5 Å². The maximum absolute atomic E-state index is 14.8. The predicted octanol–water partition coefficient (Wildman–Crippen LogP) is 2.41. The van der Waals surface area contributed by atoms with Gasteiger partial charge in [0.25, 0.3) is 5.56 Å². The van der Waals surface area contributed by atoms with Gasteiger partial charge in [-0.05, 0) is 29.2 Å². The normalized spacial score (nSPS) is 13.4. The quantitative estimate of drug-likeness (QED) is 0.728. The fraction of sp³-hybridized carbons (Fsp3) is 0.150. The van der Waals surface area contributed by atoms with Crippen LogP contribution in [0.5, 0.6) is 0 Å². The second-order valence-electron chi connectivity index (χ2n) is 6.44. The van der Waals surface area contributed by atoms with Crippen LogP contribution in [0.4, 0.5) is 14.5 Å². The maximum atomic E-state index is 14.8. The second kappa shape index (κ2) is 6.56. The minimum atomic E-state index is -4.08. The van der Waals surface area contributed by atoms with Gasteiger partial charge >= 0.3 is 17.5 Å². The molecule has 142 valence electrons. The van der Waals surface area contributed by atoms with E-state index in [1.54, 1.807) is 17.1 Å². The molecule has 6 nitrogen and oxygen atoms in total. The molecule has 28 heavy (non-hydrogen) atoms. The molecular weight excluding hydrogens is 368 g/mol. The van der Waals surface area contributed by atoms with Crippen LogP contribution in [0.3, 0.4) is 0 Å². The highest BCUT2D eigenvalue weighted by molar-refractivity contribution is 6.01. The Morgan fingerprint density at radius 1 is 1.04 bits per heavy atom. The number of halogens is 2. The number of nitrogens with zero attached hydrogens (tertiary/aromatic N) is 1. The molecule has 1 aliphatic heterocycles. The number of amides is 1. The Morgan fingerprint density at radius 3 is 2.50 bits per heavy atom. The van der Waals surface area contributed by atoms with E-state index in [1.807, 2.05) is 41.4 Å². The van der Waals surface area contributed by atoms with Crippen LogP contribution in [0.1, 0.15) is 11.1 Å². The first-order chi connectivity index (χ1) is 13.4. The Bertz CT molecular complexity index is 1170. The van der Waals surface area contributed by atoms with Crippen molar-refractivity contribution in [2.45, 2.75) is 12.3 Å². The van der Waals surface area contributed by atoms with Gasteiger partial charge in [0.05, 0.1) is 0 Å². The smallest absolute Gasteiger partial charge is 0.314 e. The zero-order chi connectivity index (χ0) is 19.9. The van der Waals surface area contributed by atoms with Crippen LogP contribution in [0, 0.1) is 0 Å². The van der Waals surface area contributed by atoms with Crippen molar-refractivity contribution < 1.29 is 13.6 Å². The molecule has 2 aromatic carbocycles. The highest BCUT2D eigenvalue weighted by atomic mass is 19.3. The van der Waals surface area contributed by atoms with Gasteiger partial charge in [-0.25, -0.2) is 4.79 Å². The van der Waals surface area contributed by atoms with Gasteiger partial charge in [0, 0.05) is 18.4 Å². The van der Waals surface area contributed by atoms with Gasteiger partial charge in [0.1, 0.15) is 5.56 Å². The number of H-pyrrole nitrogens is 2. The number of benzene rings is 2. The van der Waals surface area contributed by atoms with E-state index in [0.29, 0.717) is 18.3 Å². The number of anilines is 1. The molecule has 0 fully saturated rings. The fourth-order valence-electron chi connectivity index (χ4n) is 3.46. The van der Waals surface area contributed by atoms with Gasteiger partial charge in [-0.3, -0.25) is 14.6 Å². The SMILES string of the molecule is O=C(N1CCc2c(-c3ccccc3)cccc21)C(F)(F)c1c[nH]c(=O)[nH]c1=O. The molecule has 0 saturated carbocycles. The van der Waals surface area contributed by atoms with E-state index in [4.69, 9.17) is 0 Å². The zero-order valence-electron chi connectivity index (χ0n) is 14.5. The van der Waals surface area contributed by atoms with Crippen molar-refractivity contribution >= 4 is 11.6 Å². The summed E-state index contributed by atoms with van der Waals surface area (Å²) < 4.78 is 29.6. The van der Waals surface area contributed by atoms with Crippen LogP contribution in [-0.2, 0) is 17.1 Å². The van der Waals surface area contributed by atoms with Crippen molar-refractivity contribution in [2.75, 3.05) is 11.4 Å². The summed E-state index contributed by atoms with van der Waals surface area (Å²) in [5.41, 5.74) is -0.309. The third kappa shape index (κ3) is 2.83. The molecule has 1 aliphatic rings. The zero-order valence-corrected chi connectivity index (χ0v) is 14.5. The molecule has 0 atom stereocenters. The summed E-state index contributed by atoms with van der Waals surface area (Å²) >= 11 is 0. The van der Waals surface area contributed by atoms with E-state index in [9.17, 15) is 23.2 Å². The molecule has 0 radical (unpaired) electrons. The standard InChI is InChI=1S/C20H15F2N3O3/c21-20(22,15-11-23-19(28)24-17(15)26)18(27)25-10-9-14-13(7-4-8-16(14)25)12-5-2-1-3-6-12/h1-8,11H,9-10H2,(H2,23,24,26,28). The van der Waals surface area contributed by atoms with Gasteiger partial charge in [-0.15, -0.1) is 0 Å². The monoisotopic (exact) mass is 383 g/mol. The van der Waals surface area contributed by atoms with Crippen molar-refractivity contribution in [1.82, 2.24) is 9.97 Å². The lowest BCUT2D eigenvalue weighted by atomic mass is 9.98. The number of nitrogens with one attached hydrogen (secondary N) is 2. The third-order valence-corrected chi connectivity index (χ3v) is 4.78. The van der Waals surface area contributed by atoms with E-state index in [1.165, 1.54) is 0 Å². The Kier molecular flexibility index (Phi) is 4.18. The highest BCUT2D eigenvalue weighted by Gasteiger charge is 2.48. The minimum absolute atomic E-state index is 0.0782. The molecule has 0 spiro atoms. The number of alkyl halides is 2. The third-order valence-electron chi connectivity index (χ3n) is 4.78. The Morgan fingerprint density at radius 2 is 1.79 bits per heavy atom. The molecule has 1 amide bonds. The summed E-state index contributed by atoms with van der Waals surface area (Å²) in [6.07, 6.45) is 1.00. The number of carbonyl (C=O) groups is 1. The molecule has 4 rings (SSSR count). The lowest BCUT2D eigenvalue weighted by Crippen LogP contribution is -2.44. The first-order valence-corrected chi connectivity index (χ1v) is 8.59. The van der Waals surface area contributed by atoms with Crippen molar-refractivity contribution in [3.63, 3.8) is 0 Å². The summed E-state index contributed by atoms with van der Waals surface area (Å²) in [4.78, 5) is 40.2. The minimum Gasteiger partial charge on any atom is -0.314 e. The summed E-state index contributed by atoms with van der Waals surface area (Å²) in [7, 11) is 0. The lowest BCUT2D eigenvalue weighted by molar-refractivity contribution is -0.144. The average molecular weight is 383 g/mol. The summed E-state index contributed by atoms with van der Waals surface area (Å²) in [5, 5.41) is 0. The number of rotatable bonds is 3. The molecular formula is C20H15F2N3O3. The van der Waals surface area contributed by atoms with Crippen LogP contribution in [-0.4, -0.2) is 22.4 Å². The van der Waals surface area contributed by atoms with Crippen LogP contribution >= 0.6 is 0 Å². The van der Waals surface area contributed by atoms with E-state index in [0.717, 1.165) is 21.6 Å². The number of aromatic nitrogens is 2. The Hall–Kier alpha value is -3.55. The van der Waals surface area contributed by atoms with Gasteiger partial charge in [0.2, 0.25) is 0 Å². The summed E-state index contributed by atoms with van der Waals surface area (Å²) in [6.45, 7) is 0.0782. The molecule has 2 N–H and O–H groups in total. The first-order valence-electron chi connectivity index (χ1n) is 8.59. The number of carbonyl (C=O) groups excluding carboxylic acids is 1. The number of aromatic amines is 2. The van der Waals surface area contributed by atoms with Crippen molar-refractivity contribution in [3.05, 3.63) is 86.7 Å². The highest BCUT2D eigenvalue weighted by Crippen LogP contribution is 2.39. The summed E-state index contributed by atoms with van der Waals surface area (Å²) in [6, 6.07) is 14.7. The molecule has 3 aromatic rings. The number of fused-ring (bicyclic) bond motifs is 1. The number of hydrogen-bond donors (Lipinski definition) is 2. The van der Waals surface area contributed by atoms with Crippen molar-refractivity contribution in [1.29, 1.82) is 0 Å². The first kappa shape index (κ1) is 17.8. The van der Waals surface area contributed by atoms with Gasteiger partial charge in [0.15, 0.2) is 0 Å². The molecule has 8 heteroatoms. The molecule has 0 bridgehead atoms. The largest absolute Gasteiger partial charge is 0.357 e. The summed E-state index contributed by atoms with van der Waals surface area (Å²) in [5.74, 6) is -5.59. The van der Waals surface area contributed by atoms with E-state index >= 15 is 0 Å².